The molecule has 21 heavy (non-hydrogen) atoms. The van der Waals surface area contributed by atoms with Gasteiger partial charge in [-0.15, -0.1) is 0 Å². The fourth-order valence-corrected chi connectivity index (χ4v) is 3.67. The minimum absolute atomic E-state index is 0.130. The first-order valence-corrected chi connectivity index (χ1v) is 8.20. The van der Waals surface area contributed by atoms with Gasteiger partial charge >= 0.3 is 0 Å². The Kier molecular flexibility index (Phi) is 3.84. The topological polar surface area (TPSA) is 59.5 Å². The molecule has 0 aliphatic carbocycles. The Morgan fingerprint density at radius 2 is 1.71 bits per heavy atom. The van der Waals surface area contributed by atoms with Gasteiger partial charge < -0.3 is 4.74 Å². The van der Waals surface area contributed by atoms with Crippen molar-refractivity contribution in [2.45, 2.75) is 11.0 Å². The third-order valence-corrected chi connectivity index (χ3v) is 5.32. The van der Waals surface area contributed by atoms with Crippen LogP contribution >= 0.6 is 11.6 Å². The molecule has 2 aromatic rings. The van der Waals surface area contributed by atoms with E-state index in [-0.39, 0.29) is 11.0 Å². The molecule has 1 aromatic heterocycles. The van der Waals surface area contributed by atoms with Gasteiger partial charge in [0, 0.05) is 17.4 Å². The summed E-state index contributed by atoms with van der Waals surface area (Å²) in [6, 6.07) is 9.65. The number of aromatic nitrogens is 1. The van der Waals surface area contributed by atoms with Crippen LogP contribution in [0.5, 0.6) is 5.75 Å². The van der Waals surface area contributed by atoms with E-state index in [4.69, 9.17) is 16.3 Å². The van der Waals surface area contributed by atoms with E-state index < -0.39 is 10.0 Å². The predicted molar refractivity (Wildman–Crippen MR) is 78.9 cm³/mol. The zero-order valence-corrected chi connectivity index (χ0v) is 12.6. The third-order valence-electron chi connectivity index (χ3n) is 3.22. The van der Waals surface area contributed by atoms with Crippen molar-refractivity contribution in [2.75, 3.05) is 13.1 Å². The normalized spacial score (nSPS) is 16.4. The lowest BCUT2D eigenvalue weighted by atomic mass is 10.2. The molecule has 0 bridgehead atoms. The van der Waals surface area contributed by atoms with Gasteiger partial charge in [0.1, 0.15) is 11.9 Å². The van der Waals surface area contributed by atoms with Crippen LogP contribution in [-0.4, -0.2) is 36.9 Å². The second-order valence-corrected chi connectivity index (χ2v) is 7.07. The van der Waals surface area contributed by atoms with Gasteiger partial charge in [-0.05, 0) is 36.4 Å². The van der Waals surface area contributed by atoms with Gasteiger partial charge in [-0.3, -0.25) is 4.98 Å². The number of nitrogens with zero attached hydrogens (tertiary/aromatic N) is 2. The van der Waals surface area contributed by atoms with Crippen LogP contribution in [0.25, 0.3) is 0 Å². The highest BCUT2D eigenvalue weighted by atomic mass is 35.5. The predicted octanol–water partition coefficient (Wildman–Crippen LogP) is 2.19. The molecule has 0 N–H and O–H groups in total. The van der Waals surface area contributed by atoms with Crippen molar-refractivity contribution in [3.63, 3.8) is 0 Å². The van der Waals surface area contributed by atoms with E-state index in [1.165, 1.54) is 16.4 Å². The largest absolute Gasteiger partial charge is 0.488 e. The maximum atomic E-state index is 12.3. The molecule has 2 heterocycles. The standard InChI is InChI=1S/C14H13ClN2O3S/c15-11-1-3-14(4-2-11)21(18,19)17-9-13(10-17)20-12-5-7-16-8-6-12/h1-8,13H,9-10H2. The molecule has 0 saturated carbocycles. The molecule has 110 valence electrons. The Morgan fingerprint density at radius 3 is 2.33 bits per heavy atom. The molecule has 7 heteroatoms. The Hall–Kier alpha value is -1.63. The van der Waals surface area contributed by atoms with E-state index in [0.717, 1.165) is 0 Å². The quantitative estimate of drug-likeness (QED) is 0.865. The lowest BCUT2D eigenvalue weighted by molar-refractivity contribution is 0.0761. The zero-order valence-electron chi connectivity index (χ0n) is 11.0. The molecule has 1 saturated heterocycles. The fraction of sp³-hybridized carbons (Fsp3) is 0.214. The lowest BCUT2D eigenvalue weighted by Crippen LogP contribution is -2.55. The number of pyridine rings is 1. The molecule has 0 amide bonds. The van der Waals surface area contributed by atoms with Gasteiger partial charge in [0.05, 0.1) is 18.0 Å². The number of halogens is 1. The average molecular weight is 325 g/mol. The summed E-state index contributed by atoms with van der Waals surface area (Å²) in [5, 5.41) is 0.511. The van der Waals surface area contributed by atoms with Crippen molar-refractivity contribution < 1.29 is 13.2 Å². The number of hydrogen-bond acceptors (Lipinski definition) is 4. The van der Waals surface area contributed by atoms with E-state index >= 15 is 0 Å². The van der Waals surface area contributed by atoms with Crippen LogP contribution in [0.4, 0.5) is 0 Å². The molecule has 0 unspecified atom stereocenters. The maximum absolute atomic E-state index is 12.3. The van der Waals surface area contributed by atoms with Crippen LogP contribution in [0, 0.1) is 0 Å². The molecule has 0 spiro atoms. The van der Waals surface area contributed by atoms with E-state index in [9.17, 15) is 8.42 Å². The van der Waals surface area contributed by atoms with Crippen molar-refractivity contribution in [3.8, 4) is 5.75 Å². The van der Waals surface area contributed by atoms with Gasteiger partial charge in [0.2, 0.25) is 10.0 Å². The lowest BCUT2D eigenvalue weighted by Gasteiger charge is -2.37. The highest BCUT2D eigenvalue weighted by Gasteiger charge is 2.38. The second-order valence-electron chi connectivity index (χ2n) is 4.70. The molecule has 1 aliphatic heterocycles. The number of benzene rings is 1. The van der Waals surface area contributed by atoms with Crippen molar-refractivity contribution >= 4 is 21.6 Å². The van der Waals surface area contributed by atoms with Crippen LogP contribution in [0.2, 0.25) is 5.02 Å². The number of hydrogen-bond donors (Lipinski definition) is 0. The minimum Gasteiger partial charge on any atom is -0.488 e. The molecule has 5 nitrogen and oxygen atoms in total. The zero-order chi connectivity index (χ0) is 14.9. The molecule has 1 fully saturated rings. The van der Waals surface area contributed by atoms with Crippen LogP contribution in [0.3, 0.4) is 0 Å². The van der Waals surface area contributed by atoms with E-state index in [0.29, 0.717) is 23.9 Å². The number of rotatable bonds is 4. The van der Waals surface area contributed by atoms with Gasteiger partial charge in [-0.2, -0.15) is 4.31 Å². The summed E-state index contributed by atoms with van der Waals surface area (Å²) >= 11 is 5.77. The van der Waals surface area contributed by atoms with Gasteiger partial charge in [-0.1, -0.05) is 11.6 Å². The molecule has 1 aromatic carbocycles. The molecule has 0 radical (unpaired) electrons. The first kappa shape index (κ1) is 14.3. The summed E-state index contributed by atoms with van der Waals surface area (Å²) in [6.07, 6.45) is 3.14. The van der Waals surface area contributed by atoms with Crippen molar-refractivity contribution in [2.24, 2.45) is 0 Å². The average Bonchev–Trinajstić information content (AvgIpc) is 2.44. The number of sulfonamides is 1. The van der Waals surface area contributed by atoms with Gasteiger partial charge in [0.15, 0.2) is 0 Å². The highest BCUT2D eigenvalue weighted by molar-refractivity contribution is 7.89. The maximum Gasteiger partial charge on any atom is 0.243 e. The molecule has 0 atom stereocenters. The summed E-state index contributed by atoms with van der Waals surface area (Å²) in [7, 11) is -3.46. The Labute approximate surface area is 128 Å². The fourth-order valence-electron chi connectivity index (χ4n) is 2.04. The summed E-state index contributed by atoms with van der Waals surface area (Å²) in [6.45, 7) is 0.681. The van der Waals surface area contributed by atoms with Gasteiger partial charge in [0.25, 0.3) is 0 Å². The SMILES string of the molecule is O=S(=O)(c1ccc(Cl)cc1)N1CC(Oc2ccncc2)C1. The van der Waals surface area contributed by atoms with Crippen LogP contribution in [-0.2, 0) is 10.0 Å². The first-order valence-electron chi connectivity index (χ1n) is 6.38. The summed E-state index contributed by atoms with van der Waals surface area (Å²) in [5.74, 6) is 0.693. The van der Waals surface area contributed by atoms with E-state index in [1.54, 1.807) is 36.7 Å². The molecular formula is C14H13ClN2O3S. The van der Waals surface area contributed by atoms with E-state index in [2.05, 4.69) is 4.98 Å². The smallest absolute Gasteiger partial charge is 0.243 e. The van der Waals surface area contributed by atoms with Crippen LogP contribution in [0.1, 0.15) is 0 Å². The van der Waals surface area contributed by atoms with Crippen molar-refractivity contribution in [1.82, 2.24) is 9.29 Å². The monoisotopic (exact) mass is 324 g/mol. The third kappa shape index (κ3) is 3.02. The Balaban J connectivity index is 1.64. The van der Waals surface area contributed by atoms with Crippen LogP contribution in [0.15, 0.2) is 53.7 Å². The number of ether oxygens (including phenoxy) is 1. The second kappa shape index (κ2) is 5.63. The summed E-state index contributed by atoms with van der Waals surface area (Å²) < 4.78 is 31.7. The molecule has 3 rings (SSSR count). The summed E-state index contributed by atoms with van der Waals surface area (Å²) in [4.78, 5) is 4.15. The van der Waals surface area contributed by atoms with Crippen LogP contribution < -0.4 is 4.74 Å². The molecular weight excluding hydrogens is 312 g/mol. The molecule has 1 aliphatic rings. The Morgan fingerprint density at radius 1 is 1.10 bits per heavy atom. The first-order chi connectivity index (χ1) is 10.1. The highest BCUT2D eigenvalue weighted by Crippen LogP contribution is 2.25. The summed E-state index contributed by atoms with van der Waals surface area (Å²) in [5.41, 5.74) is 0. The minimum atomic E-state index is -3.46. The Bertz CT molecular complexity index is 714. The van der Waals surface area contributed by atoms with E-state index in [1.807, 2.05) is 0 Å². The van der Waals surface area contributed by atoms with Crippen molar-refractivity contribution in [1.29, 1.82) is 0 Å². The van der Waals surface area contributed by atoms with Crippen molar-refractivity contribution in [3.05, 3.63) is 53.8 Å². The van der Waals surface area contributed by atoms with Gasteiger partial charge in [-0.25, -0.2) is 8.42 Å².